The molecule has 0 aliphatic carbocycles. The number of alkyl halides is 2. The van der Waals surface area contributed by atoms with Gasteiger partial charge in [-0.25, -0.2) is 0 Å². The molecular formula is C16H23F2N3O3. The Morgan fingerprint density at radius 3 is 2.62 bits per heavy atom. The monoisotopic (exact) mass is 343 g/mol. The lowest BCUT2D eigenvalue weighted by atomic mass is 10.1. The Bertz CT molecular complexity index is 580. The van der Waals surface area contributed by atoms with E-state index in [1.54, 1.807) is 26.1 Å². The number of carbonyl (C=O) groups excluding carboxylic acids is 1. The van der Waals surface area contributed by atoms with Crippen LogP contribution in [-0.4, -0.2) is 39.2 Å². The Kier molecular flexibility index (Phi) is 7.94. The first kappa shape index (κ1) is 19.7. The van der Waals surface area contributed by atoms with Crippen LogP contribution in [0.3, 0.4) is 0 Å². The average molecular weight is 343 g/mol. The van der Waals surface area contributed by atoms with E-state index >= 15 is 0 Å². The summed E-state index contributed by atoms with van der Waals surface area (Å²) in [6.45, 7) is 1.28. The molecule has 0 fully saturated rings. The summed E-state index contributed by atoms with van der Waals surface area (Å²) >= 11 is 0. The Morgan fingerprint density at radius 2 is 2.04 bits per heavy atom. The third-order valence-electron chi connectivity index (χ3n) is 3.28. The number of rotatable bonds is 7. The number of hydrogen-bond acceptors (Lipinski definition) is 4. The minimum absolute atomic E-state index is 0.112. The fourth-order valence-electron chi connectivity index (χ4n) is 1.99. The lowest BCUT2D eigenvalue weighted by Crippen LogP contribution is -2.40. The van der Waals surface area contributed by atoms with Gasteiger partial charge in [-0.05, 0) is 13.0 Å². The van der Waals surface area contributed by atoms with Gasteiger partial charge in [0.25, 0.3) is 0 Å². The summed E-state index contributed by atoms with van der Waals surface area (Å²) in [5, 5.41) is 5.98. The maximum absolute atomic E-state index is 12.5. The molecule has 6 nitrogen and oxygen atoms in total. The van der Waals surface area contributed by atoms with Crippen LogP contribution in [-0.2, 0) is 16.1 Å². The molecule has 0 aromatic heterocycles. The van der Waals surface area contributed by atoms with Crippen molar-refractivity contribution in [1.29, 1.82) is 0 Å². The van der Waals surface area contributed by atoms with E-state index < -0.39 is 6.61 Å². The van der Waals surface area contributed by atoms with Gasteiger partial charge < -0.3 is 20.1 Å². The number of aryl methyl sites for hydroxylation is 1. The van der Waals surface area contributed by atoms with Crippen LogP contribution < -0.4 is 15.4 Å². The Labute approximate surface area is 140 Å². The molecule has 0 saturated heterocycles. The van der Waals surface area contributed by atoms with Gasteiger partial charge in [-0.15, -0.1) is 0 Å². The van der Waals surface area contributed by atoms with Gasteiger partial charge in [0, 0.05) is 25.7 Å². The molecule has 0 heterocycles. The number of ether oxygens (including phenoxy) is 2. The third kappa shape index (κ3) is 6.39. The van der Waals surface area contributed by atoms with Gasteiger partial charge in [-0.2, -0.15) is 8.78 Å². The number of methoxy groups -OCH3 is 1. The molecule has 1 unspecified atom stereocenters. The van der Waals surface area contributed by atoms with Crippen molar-refractivity contribution in [3.05, 3.63) is 29.3 Å². The molecule has 0 amide bonds. The summed E-state index contributed by atoms with van der Waals surface area (Å²) < 4.78 is 34.1. The van der Waals surface area contributed by atoms with Crippen LogP contribution in [0.5, 0.6) is 5.75 Å². The van der Waals surface area contributed by atoms with Gasteiger partial charge in [-0.3, -0.25) is 9.79 Å². The van der Waals surface area contributed by atoms with Gasteiger partial charge in [0.2, 0.25) is 0 Å². The predicted octanol–water partition coefficient (Wildman–Crippen LogP) is 2.07. The second-order valence-corrected chi connectivity index (χ2v) is 5.22. The number of benzene rings is 1. The Balaban J connectivity index is 2.66. The van der Waals surface area contributed by atoms with Crippen LogP contribution in [0.1, 0.15) is 18.1 Å². The Hall–Kier alpha value is -2.38. The number of nitrogens with one attached hydrogen (secondary N) is 2. The maximum Gasteiger partial charge on any atom is 0.387 e. The number of hydrogen-bond donors (Lipinski definition) is 2. The van der Waals surface area contributed by atoms with E-state index in [-0.39, 0.29) is 24.2 Å². The normalized spacial score (nSPS) is 12.7. The van der Waals surface area contributed by atoms with E-state index in [2.05, 4.69) is 25.1 Å². The van der Waals surface area contributed by atoms with Gasteiger partial charge >= 0.3 is 12.6 Å². The first-order chi connectivity index (χ1) is 11.4. The van der Waals surface area contributed by atoms with E-state index in [1.165, 1.54) is 13.2 Å². The van der Waals surface area contributed by atoms with E-state index in [4.69, 9.17) is 0 Å². The molecule has 1 aromatic carbocycles. The molecule has 2 N–H and O–H groups in total. The zero-order valence-corrected chi connectivity index (χ0v) is 14.2. The predicted molar refractivity (Wildman–Crippen MR) is 87.2 cm³/mol. The molecule has 0 radical (unpaired) electrons. The largest absolute Gasteiger partial charge is 0.469 e. The van der Waals surface area contributed by atoms with Gasteiger partial charge in [0.1, 0.15) is 5.75 Å². The minimum Gasteiger partial charge on any atom is -0.469 e. The number of guanidine groups is 1. The van der Waals surface area contributed by atoms with Gasteiger partial charge in [0.15, 0.2) is 5.96 Å². The van der Waals surface area contributed by atoms with Crippen molar-refractivity contribution in [3.8, 4) is 5.75 Å². The highest BCUT2D eigenvalue weighted by molar-refractivity contribution is 5.80. The lowest BCUT2D eigenvalue weighted by Gasteiger charge is -2.16. The molecule has 0 aliphatic rings. The summed E-state index contributed by atoms with van der Waals surface area (Å²) in [5.74, 6) is -0.119. The van der Waals surface area contributed by atoms with Crippen LogP contribution in [0.25, 0.3) is 0 Å². The second kappa shape index (κ2) is 9.69. The molecule has 0 saturated carbocycles. The van der Waals surface area contributed by atoms with E-state index in [0.29, 0.717) is 18.1 Å². The Morgan fingerprint density at radius 1 is 1.33 bits per heavy atom. The third-order valence-corrected chi connectivity index (χ3v) is 3.28. The summed E-state index contributed by atoms with van der Waals surface area (Å²) in [6.07, 6.45) is 0. The lowest BCUT2D eigenvalue weighted by molar-refractivity contribution is -0.144. The van der Waals surface area contributed by atoms with Crippen LogP contribution in [0.2, 0.25) is 0 Å². The molecule has 0 aliphatic heterocycles. The zero-order valence-electron chi connectivity index (χ0n) is 14.2. The summed E-state index contributed by atoms with van der Waals surface area (Å²) in [6, 6.07) is 4.97. The number of aliphatic imine (C=N–C) groups is 1. The molecule has 8 heteroatoms. The topological polar surface area (TPSA) is 72.0 Å². The zero-order chi connectivity index (χ0) is 18.1. The summed E-state index contributed by atoms with van der Waals surface area (Å²) in [7, 11) is 2.90. The molecule has 134 valence electrons. The highest BCUT2D eigenvalue weighted by atomic mass is 19.3. The molecule has 1 atom stereocenters. The van der Waals surface area contributed by atoms with Crippen LogP contribution in [0.4, 0.5) is 8.78 Å². The summed E-state index contributed by atoms with van der Waals surface area (Å²) in [4.78, 5) is 15.4. The van der Waals surface area contributed by atoms with Crippen molar-refractivity contribution < 1.29 is 23.0 Å². The van der Waals surface area contributed by atoms with Gasteiger partial charge in [0.05, 0.1) is 13.0 Å². The summed E-state index contributed by atoms with van der Waals surface area (Å²) in [5.41, 5.74) is 1.51. The quantitative estimate of drug-likeness (QED) is 0.450. The standard InChI is InChI=1S/C16H23F2N3O3/c1-10-5-6-13(24-15(17)18)12(7-10)9-21-16(19-3)20-8-11(2)14(22)23-4/h5-7,11,15H,8-9H2,1-4H3,(H2,19,20,21). The highest BCUT2D eigenvalue weighted by Gasteiger charge is 2.14. The molecular weight excluding hydrogens is 320 g/mol. The van der Waals surface area contributed by atoms with Crippen LogP contribution in [0.15, 0.2) is 23.2 Å². The molecule has 1 aromatic rings. The second-order valence-electron chi connectivity index (χ2n) is 5.22. The van der Waals surface area contributed by atoms with Crippen molar-refractivity contribution in [3.63, 3.8) is 0 Å². The highest BCUT2D eigenvalue weighted by Crippen LogP contribution is 2.21. The molecule has 0 spiro atoms. The SMILES string of the molecule is CN=C(NCc1cc(C)ccc1OC(F)F)NCC(C)C(=O)OC. The van der Waals surface area contributed by atoms with Gasteiger partial charge in [-0.1, -0.05) is 24.6 Å². The average Bonchev–Trinajstić information content (AvgIpc) is 2.55. The van der Waals surface area contributed by atoms with Crippen LogP contribution >= 0.6 is 0 Å². The van der Waals surface area contributed by atoms with E-state index in [0.717, 1.165) is 5.56 Å². The fraction of sp³-hybridized carbons (Fsp3) is 0.500. The smallest absolute Gasteiger partial charge is 0.387 e. The molecule has 1 rings (SSSR count). The number of esters is 1. The van der Waals surface area contributed by atoms with Crippen LogP contribution in [0, 0.1) is 12.8 Å². The first-order valence-corrected chi connectivity index (χ1v) is 7.44. The first-order valence-electron chi connectivity index (χ1n) is 7.44. The number of carbonyl (C=O) groups is 1. The van der Waals surface area contributed by atoms with Crippen molar-refractivity contribution in [2.24, 2.45) is 10.9 Å². The van der Waals surface area contributed by atoms with Crippen molar-refractivity contribution in [1.82, 2.24) is 10.6 Å². The van der Waals surface area contributed by atoms with Crippen molar-refractivity contribution in [2.75, 3.05) is 20.7 Å². The maximum atomic E-state index is 12.5. The molecule has 0 bridgehead atoms. The fourth-order valence-corrected chi connectivity index (χ4v) is 1.99. The number of halogens is 2. The number of nitrogens with zero attached hydrogens (tertiary/aromatic N) is 1. The van der Waals surface area contributed by atoms with E-state index in [9.17, 15) is 13.6 Å². The van der Waals surface area contributed by atoms with Crippen molar-refractivity contribution >= 4 is 11.9 Å². The van der Waals surface area contributed by atoms with E-state index in [1.807, 2.05) is 6.92 Å². The van der Waals surface area contributed by atoms with Crippen molar-refractivity contribution in [2.45, 2.75) is 27.0 Å². The minimum atomic E-state index is -2.88. The molecule has 24 heavy (non-hydrogen) atoms.